The molecule has 0 aliphatic rings. The van der Waals surface area contributed by atoms with Gasteiger partial charge in [0.1, 0.15) is 0 Å². The van der Waals surface area contributed by atoms with Gasteiger partial charge >= 0.3 is 0 Å². The molecule has 0 aliphatic heterocycles. The summed E-state index contributed by atoms with van der Waals surface area (Å²) in [5, 5.41) is 3.70. The quantitative estimate of drug-likeness (QED) is 0.714. The van der Waals surface area contributed by atoms with Gasteiger partial charge in [0, 0.05) is 17.2 Å². The summed E-state index contributed by atoms with van der Waals surface area (Å²) < 4.78 is 28.2. The van der Waals surface area contributed by atoms with Crippen LogP contribution < -0.4 is 4.74 Å². The summed E-state index contributed by atoms with van der Waals surface area (Å²) in [7, 11) is 2.77. The molecule has 1 aromatic rings. The summed E-state index contributed by atoms with van der Waals surface area (Å²) in [6.45, 7) is 2.18. The van der Waals surface area contributed by atoms with E-state index in [1.807, 2.05) is 0 Å². The lowest BCUT2D eigenvalue weighted by Crippen LogP contribution is -2.06. The average molecular weight is 225 g/mol. The minimum atomic E-state index is -3.80. The lowest BCUT2D eigenvalue weighted by Gasteiger charge is -2.02. The van der Waals surface area contributed by atoms with Crippen LogP contribution in [-0.4, -0.2) is 25.3 Å². The van der Waals surface area contributed by atoms with Crippen LogP contribution in [0.25, 0.3) is 0 Å². The lowest BCUT2D eigenvalue weighted by molar-refractivity contribution is 0.397. The Morgan fingerprint density at radius 1 is 1.69 bits per heavy atom. The zero-order chi connectivity index (χ0) is 10.1. The van der Waals surface area contributed by atoms with E-state index in [2.05, 4.69) is 5.10 Å². The summed E-state index contributed by atoms with van der Waals surface area (Å²) >= 11 is 0. The van der Waals surface area contributed by atoms with Crippen molar-refractivity contribution < 1.29 is 13.2 Å². The van der Waals surface area contributed by atoms with Crippen molar-refractivity contribution >= 4 is 19.7 Å². The number of methoxy groups -OCH3 is 1. The molecule has 0 amide bonds. The van der Waals surface area contributed by atoms with E-state index in [4.69, 9.17) is 15.4 Å². The summed E-state index contributed by atoms with van der Waals surface area (Å²) in [6.07, 6.45) is 1.32. The number of halogens is 1. The van der Waals surface area contributed by atoms with Crippen LogP contribution in [0, 0.1) is 0 Å². The minimum absolute atomic E-state index is 0.0980. The Bertz CT molecular complexity index is 377. The maximum atomic E-state index is 11.1. The first-order valence-corrected chi connectivity index (χ1v) is 5.86. The Morgan fingerprint density at radius 3 is 2.69 bits per heavy atom. The summed E-state index contributed by atoms with van der Waals surface area (Å²) in [5.74, 6) is 0.164. The maximum absolute atomic E-state index is 11.1. The van der Waals surface area contributed by atoms with E-state index < -0.39 is 9.05 Å². The first-order chi connectivity index (χ1) is 6.00. The van der Waals surface area contributed by atoms with Crippen molar-refractivity contribution in [2.45, 2.75) is 18.5 Å². The third-order valence-electron chi connectivity index (χ3n) is 1.51. The molecule has 5 nitrogen and oxygen atoms in total. The summed E-state index contributed by atoms with van der Waals surface area (Å²) in [4.78, 5) is 0. The number of aryl methyl sites for hydroxylation is 1. The third kappa shape index (κ3) is 1.94. The van der Waals surface area contributed by atoms with Gasteiger partial charge < -0.3 is 4.74 Å². The molecular formula is C6H9ClN2O3S. The van der Waals surface area contributed by atoms with Gasteiger partial charge in [-0.1, -0.05) is 0 Å². The van der Waals surface area contributed by atoms with Crippen molar-refractivity contribution in [3.8, 4) is 5.75 Å². The van der Waals surface area contributed by atoms with Crippen LogP contribution in [0.15, 0.2) is 11.2 Å². The van der Waals surface area contributed by atoms with Gasteiger partial charge in [0.2, 0.25) is 5.03 Å². The first kappa shape index (κ1) is 10.3. The molecule has 0 aromatic carbocycles. The van der Waals surface area contributed by atoms with Gasteiger partial charge in [-0.15, -0.1) is 0 Å². The van der Waals surface area contributed by atoms with Gasteiger partial charge in [-0.3, -0.25) is 4.68 Å². The number of hydrogen-bond acceptors (Lipinski definition) is 4. The Hall–Kier alpha value is -0.750. The van der Waals surface area contributed by atoms with Gasteiger partial charge in [0.05, 0.1) is 13.3 Å². The lowest BCUT2D eigenvalue weighted by atomic mass is 10.6. The predicted molar refractivity (Wildman–Crippen MR) is 47.5 cm³/mol. The molecule has 0 saturated heterocycles. The largest absolute Gasteiger partial charge is 0.492 e. The molecule has 1 heterocycles. The van der Waals surface area contributed by atoms with Crippen LogP contribution in [0.4, 0.5) is 0 Å². The van der Waals surface area contributed by atoms with Crippen molar-refractivity contribution in [3.63, 3.8) is 0 Å². The van der Waals surface area contributed by atoms with Crippen LogP contribution >= 0.6 is 10.7 Å². The predicted octanol–water partition coefficient (Wildman–Crippen LogP) is 0.839. The molecule has 1 rings (SSSR count). The van der Waals surface area contributed by atoms with Crippen LogP contribution in [0.3, 0.4) is 0 Å². The van der Waals surface area contributed by atoms with Gasteiger partial charge in [0.25, 0.3) is 9.05 Å². The van der Waals surface area contributed by atoms with Crippen LogP contribution in [0.1, 0.15) is 6.92 Å². The smallest absolute Gasteiger partial charge is 0.282 e. The fourth-order valence-corrected chi connectivity index (χ4v) is 2.24. The van der Waals surface area contributed by atoms with Crippen LogP contribution in [0.2, 0.25) is 0 Å². The summed E-state index contributed by atoms with van der Waals surface area (Å²) in [5.41, 5.74) is 0. The van der Waals surface area contributed by atoms with Crippen molar-refractivity contribution in [2.75, 3.05) is 7.11 Å². The van der Waals surface area contributed by atoms with Crippen LogP contribution in [-0.2, 0) is 15.6 Å². The van der Waals surface area contributed by atoms with Crippen molar-refractivity contribution in [3.05, 3.63) is 6.20 Å². The average Bonchev–Trinajstić information content (AvgIpc) is 2.45. The number of rotatable bonds is 3. The minimum Gasteiger partial charge on any atom is -0.492 e. The Labute approximate surface area is 80.7 Å². The Kier molecular flexibility index (Phi) is 2.82. The topological polar surface area (TPSA) is 61.2 Å². The molecule has 0 aliphatic carbocycles. The van der Waals surface area contributed by atoms with Gasteiger partial charge in [-0.25, -0.2) is 8.42 Å². The Balaban J connectivity index is 3.38. The second-order valence-corrected chi connectivity index (χ2v) is 4.75. The van der Waals surface area contributed by atoms with Crippen molar-refractivity contribution in [1.82, 2.24) is 9.78 Å². The zero-order valence-electron chi connectivity index (χ0n) is 7.19. The first-order valence-electron chi connectivity index (χ1n) is 3.55. The molecule has 74 valence electrons. The van der Waals surface area contributed by atoms with E-state index in [1.54, 1.807) is 6.92 Å². The molecule has 0 spiro atoms. The second-order valence-electron chi connectivity index (χ2n) is 2.27. The molecule has 0 unspecified atom stereocenters. The van der Waals surface area contributed by atoms with E-state index >= 15 is 0 Å². The number of hydrogen-bond donors (Lipinski definition) is 0. The molecule has 0 fully saturated rings. The van der Waals surface area contributed by atoms with E-state index in [0.29, 0.717) is 6.54 Å². The summed E-state index contributed by atoms with van der Waals surface area (Å²) in [6, 6.07) is 0. The molecular weight excluding hydrogens is 216 g/mol. The molecule has 0 radical (unpaired) electrons. The van der Waals surface area contributed by atoms with Crippen LogP contribution in [0.5, 0.6) is 5.75 Å². The maximum Gasteiger partial charge on any atom is 0.282 e. The van der Waals surface area contributed by atoms with Gasteiger partial charge in [-0.2, -0.15) is 5.10 Å². The third-order valence-corrected chi connectivity index (χ3v) is 2.82. The SMILES string of the molecule is CCn1ncc(OC)c1S(=O)(=O)Cl. The van der Waals surface area contributed by atoms with E-state index in [9.17, 15) is 8.42 Å². The van der Waals surface area contributed by atoms with E-state index in [-0.39, 0.29) is 10.8 Å². The molecule has 0 N–H and O–H groups in total. The highest BCUT2D eigenvalue weighted by Gasteiger charge is 2.22. The Morgan fingerprint density at radius 2 is 2.31 bits per heavy atom. The molecule has 13 heavy (non-hydrogen) atoms. The van der Waals surface area contributed by atoms with E-state index in [1.165, 1.54) is 18.0 Å². The fourth-order valence-electron chi connectivity index (χ4n) is 0.968. The fraction of sp³-hybridized carbons (Fsp3) is 0.500. The monoisotopic (exact) mass is 224 g/mol. The molecule has 0 atom stereocenters. The highest BCUT2D eigenvalue weighted by atomic mass is 35.7. The van der Waals surface area contributed by atoms with Gasteiger partial charge in [-0.05, 0) is 6.92 Å². The number of aromatic nitrogens is 2. The standard InChI is InChI=1S/C6H9ClN2O3S/c1-3-9-6(13(7,10)11)5(12-2)4-8-9/h4H,3H2,1-2H3. The highest BCUT2D eigenvalue weighted by Crippen LogP contribution is 2.25. The molecule has 1 aromatic heterocycles. The molecule has 0 bridgehead atoms. The second kappa shape index (κ2) is 3.55. The highest BCUT2D eigenvalue weighted by molar-refractivity contribution is 8.13. The van der Waals surface area contributed by atoms with E-state index in [0.717, 1.165) is 0 Å². The number of nitrogens with zero attached hydrogens (tertiary/aromatic N) is 2. The zero-order valence-corrected chi connectivity index (χ0v) is 8.76. The van der Waals surface area contributed by atoms with Crippen molar-refractivity contribution in [2.24, 2.45) is 0 Å². The molecule has 7 heteroatoms. The molecule has 0 saturated carbocycles. The normalized spacial score (nSPS) is 11.6. The number of ether oxygens (including phenoxy) is 1. The van der Waals surface area contributed by atoms with Crippen molar-refractivity contribution in [1.29, 1.82) is 0 Å². The van der Waals surface area contributed by atoms with Gasteiger partial charge in [0.15, 0.2) is 5.75 Å².